The molecule has 1 fully saturated rings. The second-order valence-corrected chi connectivity index (χ2v) is 6.64. The van der Waals surface area contributed by atoms with Gasteiger partial charge in [-0.05, 0) is 43.2 Å². The highest BCUT2D eigenvalue weighted by Crippen LogP contribution is 2.31. The molecule has 0 saturated heterocycles. The molecule has 0 radical (unpaired) electrons. The monoisotopic (exact) mass is 314 g/mol. The normalized spacial score (nSPS) is 26.3. The van der Waals surface area contributed by atoms with Crippen LogP contribution in [0.5, 0.6) is 0 Å². The molecule has 0 aromatic heterocycles. The van der Waals surface area contributed by atoms with E-state index < -0.39 is 0 Å². The first-order valence-electron chi connectivity index (χ1n) is 6.94. The zero-order chi connectivity index (χ0) is 14.9. The van der Waals surface area contributed by atoms with Crippen LogP contribution < -0.4 is 11.1 Å². The average molecular weight is 315 g/mol. The molecule has 0 heterocycles. The number of hydrogen-bond donors (Lipinski definition) is 2. The lowest BCUT2D eigenvalue weighted by Gasteiger charge is -2.33. The maximum absolute atomic E-state index is 12.3. The molecule has 0 bridgehead atoms. The minimum Gasteiger partial charge on any atom is -0.396 e. The van der Waals surface area contributed by atoms with Gasteiger partial charge in [-0.1, -0.05) is 37.0 Å². The molecular formula is C15H20Cl2N2O. The number of nitrogens with one attached hydrogen (secondary N) is 1. The van der Waals surface area contributed by atoms with E-state index in [2.05, 4.69) is 19.2 Å². The topological polar surface area (TPSA) is 55.1 Å². The highest BCUT2D eigenvalue weighted by atomic mass is 35.5. The fourth-order valence-corrected chi connectivity index (χ4v) is 3.33. The summed E-state index contributed by atoms with van der Waals surface area (Å²) in [4.78, 5) is 12.3. The number of rotatable bonds is 2. The average Bonchev–Trinajstić information content (AvgIpc) is 2.38. The Bertz CT molecular complexity index is 496. The van der Waals surface area contributed by atoms with Crippen LogP contribution in [0.1, 0.15) is 43.5 Å². The molecule has 3 N–H and O–H groups in total. The van der Waals surface area contributed by atoms with Crippen molar-refractivity contribution in [1.82, 2.24) is 5.32 Å². The Kier molecular flexibility index (Phi) is 4.82. The predicted molar refractivity (Wildman–Crippen MR) is 84.3 cm³/mol. The van der Waals surface area contributed by atoms with Crippen molar-refractivity contribution >= 4 is 34.8 Å². The summed E-state index contributed by atoms with van der Waals surface area (Å²) >= 11 is 11.9. The SMILES string of the molecule is CC1CCC(NC(=O)c2cc(Cl)c(N)c(Cl)c2)C(C)C1. The molecule has 1 amide bonds. The van der Waals surface area contributed by atoms with Gasteiger partial charge < -0.3 is 11.1 Å². The molecule has 2 rings (SSSR count). The molecule has 5 heteroatoms. The van der Waals surface area contributed by atoms with Crippen molar-refractivity contribution < 1.29 is 4.79 Å². The van der Waals surface area contributed by atoms with Crippen molar-refractivity contribution in [3.63, 3.8) is 0 Å². The first kappa shape index (κ1) is 15.5. The molecule has 3 nitrogen and oxygen atoms in total. The van der Waals surface area contributed by atoms with E-state index in [0.29, 0.717) is 27.2 Å². The van der Waals surface area contributed by atoms with Crippen LogP contribution in [0, 0.1) is 11.8 Å². The van der Waals surface area contributed by atoms with Gasteiger partial charge in [-0.3, -0.25) is 4.79 Å². The second-order valence-electron chi connectivity index (χ2n) is 5.83. The van der Waals surface area contributed by atoms with Crippen LogP contribution in [0.3, 0.4) is 0 Å². The Morgan fingerprint density at radius 3 is 2.40 bits per heavy atom. The quantitative estimate of drug-likeness (QED) is 0.806. The van der Waals surface area contributed by atoms with Gasteiger partial charge in [0.25, 0.3) is 5.91 Å². The Labute approximate surface area is 129 Å². The minimum atomic E-state index is -0.139. The highest BCUT2D eigenvalue weighted by molar-refractivity contribution is 6.39. The third kappa shape index (κ3) is 3.39. The number of nitrogens with two attached hydrogens (primary N) is 1. The summed E-state index contributed by atoms with van der Waals surface area (Å²) in [6.07, 6.45) is 3.32. The smallest absolute Gasteiger partial charge is 0.251 e. The standard InChI is InChI=1S/C15H20Cl2N2O/c1-8-3-4-13(9(2)5-8)19-15(20)10-6-11(16)14(18)12(17)7-10/h6-9,13H,3-5,18H2,1-2H3,(H,19,20). The summed E-state index contributed by atoms with van der Waals surface area (Å²) in [5, 5.41) is 3.71. The molecule has 1 saturated carbocycles. The summed E-state index contributed by atoms with van der Waals surface area (Å²) in [5.74, 6) is 1.08. The van der Waals surface area contributed by atoms with Crippen molar-refractivity contribution in [2.75, 3.05) is 5.73 Å². The maximum atomic E-state index is 12.3. The fraction of sp³-hybridized carbons (Fsp3) is 0.533. The Balaban J connectivity index is 2.09. The largest absolute Gasteiger partial charge is 0.396 e. The first-order chi connectivity index (χ1) is 9.38. The third-order valence-corrected chi connectivity index (χ3v) is 4.71. The summed E-state index contributed by atoms with van der Waals surface area (Å²) in [5.41, 5.74) is 6.45. The number of amides is 1. The van der Waals surface area contributed by atoms with Crippen LogP contribution in [0.4, 0.5) is 5.69 Å². The molecule has 1 aromatic carbocycles. The van der Waals surface area contributed by atoms with E-state index in [1.807, 2.05) is 0 Å². The van der Waals surface area contributed by atoms with Gasteiger partial charge >= 0.3 is 0 Å². The molecule has 110 valence electrons. The van der Waals surface area contributed by atoms with Gasteiger partial charge in [0.15, 0.2) is 0 Å². The summed E-state index contributed by atoms with van der Waals surface area (Å²) in [7, 11) is 0. The van der Waals surface area contributed by atoms with Crippen LogP contribution in [0.15, 0.2) is 12.1 Å². The number of carbonyl (C=O) groups excluding carboxylic acids is 1. The van der Waals surface area contributed by atoms with Gasteiger partial charge in [-0.25, -0.2) is 0 Å². The molecule has 1 aliphatic rings. The van der Waals surface area contributed by atoms with E-state index >= 15 is 0 Å². The predicted octanol–water partition coefficient (Wildman–Crippen LogP) is 4.13. The van der Waals surface area contributed by atoms with E-state index in [4.69, 9.17) is 28.9 Å². The van der Waals surface area contributed by atoms with E-state index in [1.165, 1.54) is 0 Å². The summed E-state index contributed by atoms with van der Waals surface area (Å²) in [6, 6.07) is 3.34. The Morgan fingerprint density at radius 1 is 1.25 bits per heavy atom. The van der Waals surface area contributed by atoms with Crippen LogP contribution in [0.2, 0.25) is 10.0 Å². The van der Waals surface area contributed by atoms with Crippen LogP contribution in [-0.4, -0.2) is 11.9 Å². The zero-order valence-electron chi connectivity index (χ0n) is 11.7. The van der Waals surface area contributed by atoms with E-state index in [9.17, 15) is 4.79 Å². The number of hydrogen-bond acceptors (Lipinski definition) is 2. The molecule has 1 aromatic rings. The van der Waals surface area contributed by atoms with Gasteiger partial charge in [-0.2, -0.15) is 0 Å². The minimum absolute atomic E-state index is 0.139. The highest BCUT2D eigenvalue weighted by Gasteiger charge is 2.27. The van der Waals surface area contributed by atoms with Crippen molar-refractivity contribution in [1.29, 1.82) is 0 Å². The zero-order valence-corrected chi connectivity index (χ0v) is 13.3. The van der Waals surface area contributed by atoms with Crippen molar-refractivity contribution in [2.24, 2.45) is 11.8 Å². The number of carbonyl (C=O) groups is 1. The van der Waals surface area contributed by atoms with Gasteiger partial charge in [0.05, 0.1) is 15.7 Å². The van der Waals surface area contributed by atoms with Crippen molar-refractivity contribution in [3.8, 4) is 0 Å². The molecule has 20 heavy (non-hydrogen) atoms. The fourth-order valence-electron chi connectivity index (χ4n) is 2.85. The molecule has 3 unspecified atom stereocenters. The van der Waals surface area contributed by atoms with Crippen LogP contribution >= 0.6 is 23.2 Å². The van der Waals surface area contributed by atoms with Gasteiger partial charge in [0.2, 0.25) is 0 Å². The first-order valence-corrected chi connectivity index (χ1v) is 7.69. The molecule has 0 aliphatic heterocycles. The summed E-state index contributed by atoms with van der Waals surface area (Å²) < 4.78 is 0. The molecular weight excluding hydrogens is 295 g/mol. The molecule has 3 atom stereocenters. The third-order valence-electron chi connectivity index (χ3n) is 4.09. The number of anilines is 1. The second kappa shape index (κ2) is 6.23. The van der Waals surface area contributed by atoms with E-state index in [-0.39, 0.29) is 11.9 Å². The van der Waals surface area contributed by atoms with E-state index in [1.54, 1.807) is 12.1 Å². The molecule has 1 aliphatic carbocycles. The summed E-state index contributed by atoms with van der Waals surface area (Å²) in [6.45, 7) is 4.44. The number of benzene rings is 1. The van der Waals surface area contributed by atoms with Gasteiger partial charge in [0, 0.05) is 11.6 Å². The van der Waals surface area contributed by atoms with Crippen LogP contribution in [0.25, 0.3) is 0 Å². The lowest BCUT2D eigenvalue weighted by atomic mass is 9.80. The van der Waals surface area contributed by atoms with E-state index in [0.717, 1.165) is 25.2 Å². The lowest BCUT2D eigenvalue weighted by molar-refractivity contribution is 0.0899. The van der Waals surface area contributed by atoms with Gasteiger partial charge in [-0.15, -0.1) is 0 Å². The molecule has 0 spiro atoms. The van der Waals surface area contributed by atoms with Crippen molar-refractivity contribution in [2.45, 2.75) is 39.2 Å². The number of nitrogen functional groups attached to an aromatic ring is 1. The Morgan fingerprint density at radius 2 is 1.85 bits per heavy atom. The van der Waals surface area contributed by atoms with Gasteiger partial charge in [0.1, 0.15) is 0 Å². The van der Waals surface area contributed by atoms with Crippen LogP contribution in [-0.2, 0) is 0 Å². The Hall–Kier alpha value is -0.930. The maximum Gasteiger partial charge on any atom is 0.251 e. The lowest BCUT2D eigenvalue weighted by Crippen LogP contribution is -2.42. The number of halogens is 2. The van der Waals surface area contributed by atoms with Crippen molar-refractivity contribution in [3.05, 3.63) is 27.7 Å².